The predicted molar refractivity (Wildman–Crippen MR) is 86.4 cm³/mol. The standard InChI is InChI=1S/C16H22N2O2S/c1-10-9-21-16(17-10)12(3)18-11(2)14-8-13(19-4)6-7-15(14)20-5/h6-9,11-12,18H,1-5H3. The van der Waals surface area contributed by atoms with Crippen molar-refractivity contribution >= 4 is 11.3 Å². The zero-order chi connectivity index (χ0) is 15.4. The third-order valence-corrected chi connectivity index (χ3v) is 4.56. The molecule has 4 nitrogen and oxygen atoms in total. The Morgan fingerprint density at radius 3 is 2.48 bits per heavy atom. The van der Waals surface area contributed by atoms with E-state index in [9.17, 15) is 0 Å². The van der Waals surface area contributed by atoms with Crippen LogP contribution in [0.4, 0.5) is 0 Å². The molecule has 0 amide bonds. The molecule has 1 aromatic carbocycles. The molecule has 1 aromatic heterocycles. The summed E-state index contributed by atoms with van der Waals surface area (Å²) >= 11 is 1.68. The second kappa shape index (κ2) is 6.91. The lowest BCUT2D eigenvalue weighted by Gasteiger charge is -2.21. The van der Waals surface area contributed by atoms with Crippen LogP contribution in [0.15, 0.2) is 23.6 Å². The molecule has 21 heavy (non-hydrogen) atoms. The normalized spacial score (nSPS) is 13.8. The maximum atomic E-state index is 5.45. The molecule has 0 saturated carbocycles. The van der Waals surface area contributed by atoms with Crippen LogP contribution in [0.2, 0.25) is 0 Å². The molecule has 0 spiro atoms. The molecule has 2 aromatic rings. The number of ether oxygens (including phenoxy) is 2. The van der Waals surface area contributed by atoms with E-state index in [-0.39, 0.29) is 12.1 Å². The molecule has 114 valence electrons. The molecule has 0 saturated heterocycles. The fraction of sp³-hybridized carbons (Fsp3) is 0.438. The Morgan fingerprint density at radius 1 is 1.14 bits per heavy atom. The summed E-state index contributed by atoms with van der Waals surface area (Å²) in [4.78, 5) is 4.53. The van der Waals surface area contributed by atoms with E-state index in [2.05, 4.69) is 29.5 Å². The Bertz CT molecular complexity index is 598. The topological polar surface area (TPSA) is 43.4 Å². The molecule has 0 aliphatic heterocycles. The molecular formula is C16H22N2O2S. The van der Waals surface area contributed by atoms with Crippen LogP contribution in [0.5, 0.6) is 11.5 Å². The molecule has 1 N–H and O–H groups in total. The van der Waals surface area contributed by atoms with Crippen LogP contribution in [0.3, 0.4) is 0 Å². The van der Waals surface area contributed by atoms with Gasteiger partial charge in [-0.25, -0.2) is 4.98 Å². The molecule has 0 aliphatic rings. The minimum atomic E-state index is 0.134. The van der Waals surface area contributed by atoms with Crippen molar-refractivity contribution in [1.29, 1.82) is 0 Å². The zero-order valence-corrected chi connectivity index (χ0v) is 14.0. The van der Waals surface area contributed by atoms with Crippen LogP contribution < -0.4 is 14.8 Å². The van der Waals surface area contributed by atoms with Crippen molar-refractivity contribution in [2.24, 2.45) is 0 Å². The van der Waals surface area contributed by atoms with Crippen LogP contribution in [0, 0.1) is 6.92 Å². The van der Waals surface area contributed by atoms with Crippen molar-refractivity contribution in [2.45, 2.75) is 32.9 Å². The molecule has 0 aliphatic carbocycles. The van der Waals surface area contributed by atoms with Gasteiger partial charge in [-0.15, -0.1) is 11.3 Å². The Morgan fingerprint density at radius 2 is 1.90 bits per heavy atom. The number of hydrogen-bond acceptors (Lipinski definition) is 5. The number of rotatable bonds is 6. The van der Waals surface area contributed by atoms with Crippen molar-refractivity contribution in [2.75, 3.05) is 14.2 Å². The third kappa shape index (κ3) is 3.74. The van der Waals surface area contributed by atoms with E-state index in [0.717, 1.165) is 27.8 Å². The largest absolute Gasteiger partial charge is 0.497 e. The summed E-state index contributed by atoms with van der Waals surface area (Å²) in [6.45, 7) is 6.26. The average Bonchev–Trinajstić information content (AvgIpc) is 2.93. The third-order valence-electron chi connectivity index (χ3n) is 3.41. The first kappa shape index (κ1) is 15.8. The maximum Gasteiger partial charge on any atom is 0.123 e. The smallest absolute Gasteiger partial charge is 0.123 e. The lowest BCUT2D eigenvalue weighted by atomic mass is 10.1. The van der Waals surface area contributed by atoms with Gasteiger partial charge in [-0.2, -0.15) is 0 Å². The van der Waals surface area contributed by atoms with Gasteiger partial charge in [0.1, 0.15) is 16.5 Å². The number of aromatic nitrogens is 1. The highest BCUT2D eigenvalue weighted by Gasteiger charge is 2.17. The molecule has 0 radical (unpaired) electrons. The lowest BCUT2D eigenvalue weighted by molar-refractivity contribution is 0.387. The molecule has 1 heterocycles. The first-order valence-corrected chi connectivity index (χ1v) is 7.83. The van der Waals surface area contributed by atoms with E-state index < -0.39 is 0 Å². The highest BCUT2D eigenvalue weighted by molar-refractivity contribution is 7.09. The van der Waals surface area contributed by atoms with Gasteiger partial charge in [-0.1, -0.05) is 0 Å². The van der Waals surface area contributed by atoms with Gasteiger partial charge in [0.15, 0.2) is 0 Å². The van der Waals surface area contributed by atoms with Crippen molar-refractivity contribution in [3.8, 4) is 11.5 Å². The summed E-state index contributed by atoms with van der Waals surface area (Å²) in [5.41, 5.74) is 2.15. The fourth-order valence-electron chi connectivity index (χ4n) is 2.28. The van der Waals surface area contributed by atoms with E-state index in [1.54, 1.807) is 25.6 Å². The number of thiazole rings is 1. The lowest BCUT2D eigenvalue weighted by Crippen LogP contribution is -2.23. The Kier molecular flexibility index (Phi) is 5.20. The monoisotopic (exact) mass is 306 g/mol. The summed E-state index contributed by atoms with van der Waals surface area (Å²) in [5, 5.41) is 6.74. The summed E-state index contributed by atoms with van der Waals surface area (Å²) < 4.78 is 10.8. The average molecular weight is 306 g/mol. The van der Waals surface area contributed by atoms with E-state index in [1.807, 2.05) is 25.1 Å². The van der Waals surface area contributed by atoms with E-state index in [4.69, 9.17) is 9.47 Å². The number of nitrogens with zero attached hydrogens (tertiary/aromatic N) is 1. The van der Waals surface area contributed by atoms with E-state index in [1.165, 1.54) is 0 Å². The molecule has 2 atom stereocenters. The SMILES string of the molecule is COc1ccc(OC)c(C(C)NC(C)c2nc(C)cs2)c1. The number of aryl methyl sites for hydroxylation is 1. The first-order valence-electron chi connectivity index (χ1n) is 6.95. The van der Waals surface area contributed by atoms with Gasteiger partial charge in [0.25, 0.3) is 0 Å². The molecule has 5 heteroatoms. The summed E-state index contributed by atoms with van der Waals surface area (Å²) in [5.74, 6) is 1.69. The number of methoxy groups -OCH3 is 2. The van der Waals surface area contributed by atoms with Crippen molar-refractivity contribution < 1.29 is 9.47 Å². The predicted octanol–water partition coefficient (Wildman–Crippen LogP) is 3.88. The molecule has 0 fully saturated rings. The molecular weight excluding hydrogens is 284 g/mol. The quantitative estimate of drug-likeness (QED) is 0.879. The molecule has 2 rings (SSSR count). The van der Waals surface area contributed by atoms with Crippen LogP contribution >= 0.6 is 11.3 Å². The highest BCUT2D eigenvalue weighted by atomic mass is 32.1. The number of hydrogen-bond donors (Lipinski definition) is 1. The summed E-state index contributed by atoms with van der Waals surface area (Å²) in [6, 6.07) is 6.17. The second-order valence-electron chi connectivity index (χ2n) is 5.05. The summed E-state index contributed by atoms with van der Waals surface area (Å²) in [6.07, 6.45) is 0. The van der Waals surface area contributed by atoms with Gasteiger partial charge < -0.3 is 14.8 Å². The van der Waals surface area contributed by atoms with E-state index in [0.29, 0.717) is 0 Å². The van der Waals surface area contributed by atoms with Crippen LogP contribution in [0.1, 0.15) is 42.2 Å². The van der Waals surface area contributed by atoms with Crippen LogP contribution in [0.25, 0.3) is 0 Å². The number of benzene rings is 1. The maximum absolute atomic E-state index is 5.45. The minimum absolute atomic E-state index is 0.134. The van der Waals surface area contributed by atoms with Gasteiger partial charge in [0, 0.05) is 22.7 Å². The first-order chi connectivity index (χ1) is 10.0. The van der Waals surface area contributed by atoms with Gasteiger partial charge in [-0.3, -0.25) is 0 Å². The van der Waals surface area contributed by atoms with Gasteiger partial charge in [0.05, 0.1) is 20.3 Å². The van der Waals surface area contributed by atoms with Gasteiger partial charge >= 0.3 is 0 Å². The van der Waals surface area contributed by atoms with Gasteiger partial charge in [0.2, 0.25) is 0 Å². The fourth-order valence-corrected chi connectivity index (χ4v) is 3.10. The van der Waals surface area contributed by atoms with Crippen LogP contribution in [-0.2, 0) is 0 Å². The Balaban J connectivity index is 2.17. The minimum Gasteiger partial charge on any atom is -0.497 e. The van der Waals surface area contributed by atoms with Crippen molar-refractivity contribution in [3.05, 3.63) is 39.8 Å². The highest BCUT2D eigenvalue weighted by Crippen LogP contribution is 2.31. The Labute approximate surface area is 130 Å². The summed E-state index contributed by atoms with van der Waals surface area (Å²) in [7, 11) is 3.36. The van der Waals surface area contributed by atoms with Gasteiger partial charge in [-0.05, 0) is 39.0 Å². The second-order valence-corrected chi connectivity index (χ2v) is 5.93. The van der Waals surface area contributed by atoms with Crippen molar-refractivity contribution in [1.82, 2.24) is 10.3 Å². The number of nitrogens with one attached hydrogen (secondary N) is 1. The van der Waals surface area contributed by atoms with E-state index >= 15 is 0 Å². The van der Waals surface area contributed by atoms with Crippen LogP contribution in [-0.4, -0.2) is 19.2 Å². The molecule has 0 bridgehead atoms. The van der Waals surface area contributed by atoms with Crippen molar-refractivity contribution in [3.63, 3.8) is 0 Å². The molecule has 2 unspecified atom stereocenters. The zero-order valence-electron chi connectivity index (χ0n) is 13.1. The Hall–Kier alpha value is -1.59.